The Labute approximate surface area is 207 Å². The minimum absolute atomic E-state index is 0.0470. The molecule has 0 radical (unpaired) electrons. The van der Waals surface area contributed by atoms with E-state index < -0.39 is 11.7 Å². The van der Waals surface area contributed by atoms with E-state index in [4.69, 9.17) is 14.3 Å². The summed E-state index contributed by atoms with van der Waals surface area (Å²) in [4.78, 5) is 27.6. The Morgan fingerprint density at radius 3 is 2.66 bits per heavy atom. The van der Waals surface area contributed by atoms with Crippen LogP contribution in [0.25, 0.3) is 0 Å². The number of nitrogens with zero attached hydrogens (tertiary/aromatic N) is 3. The van der Waals surface area contributed by atoms with Crippen molar-refractivity contribution in [3.8, 4) is 0 Å². The third-order valence-corrected chi connectivity index (χ3v) is 6.32. The second-order valence-electron chi connectivity index (χ2n) is 10.5. The van der Waals surface area contributed by atoms with Gasteiger partial charge in [-0.25, -0.2) is 9.80 Å². The van der Waals surface area contributed by atoms with E-state index in [-0.39, 0.29) is 24.4 Å². The third kappa shape index (κ3) is 6.72. The number of amides is 2. The number of piperidine rings is 1. The first-order valence-corrected chi connectivity index (χ1v) is 12.4. The fourth-order valence-corrected chi connectivity index (χ4v) is 4.63. The van der Waals surface area contributed by atoms with Crippen molar-refractivity contribution >= 4 is 17.7 Å². The molecule has 2 aliphatic rings. The standard InChI is InChI=1S/C27H36N4O4/c1-19-9-11-21(12-10-19)22-15-23(24-8-6-14-34-24)31(29-22)25(32)18-30-13-5-7-20(17-30)16-28-26(33)35-27(2,3)4/h6,8-12,14,20,23H,5,7,13,15-18H2,1-4H3,(H,28,33). The lowest BCUT2D eigenvalue weighted by Crippen LogP contribution is -2.45. The number of hydrogen-bond donors (Lipinski definition) is 1. The monoisotopic (exact) mass is 480 g/mol. The Bertz CT molecular complexity index is 1040. The number of rotatable bonds is 6. The normalized spacial score (nSPS) is 21.0. The van der Waals surface area contributed by atoms with Crippen molar-refractivity contribution < 1.29 is 18.7 Å². The topological polar surface area (TPSA) is 87.4 Å². The van der Waals surface area contributed by atoms with Gasteiger partial charge in [0, 0.05) is 19.5 Å². The third-order valence-electron chi connectivity index (χ3n) is 6.32. The van der Waals surface area contributed by atoms with Crippen LogP contribution in [-0.2, 0) is 9.53 Å². The summed E-state index contributed by atoms with van der Waals surface area (Å²) in [5.74, 6) is 0.965. The van der Waals surface area contributed by atoms with Crippen LogP contribution in [0.5, 0.6) is 0 Å². The van der Waals surface area contributed by atoms with Crippen LogP contribution >= 0.6 is 0 Å². The Kier molecular flexibility index (Phi) is 7.60. The second kappa shape index (κ2) is 10.6. The summed E-state index contributed by atoms with van der Waals surface area (Å²) in [6, 6.07) is 11.7. The molecular formula is C27H36N4O4. The largest absolute Gasteiger partial charge is 0.467 e. The van der Waals surface area contributed by atoms with E-state index in [0.29, 0.717) is 13.0 Å². The fraction of sp³-hybridized carbons (Fsp3) is 0.519. The van der Waals surface area contributed by atoms with Crippen LogP contribution in [0.15, 0.2) is 52.2 Å². The van der Waals surface area contributed by atoms with E-state index in [1.165, 1.54) is 5.56 Å². The van der Waals surface area contributed by atoms with Crippen molar-refractivity contribution in [1.82, 2.24) is 15.2 Å². The maximum atomic E-state index is 13.4. The van der Waals surface area contributed by atoms with Crippen LogP contribution in [-0.4, -0.2) is 59.4 Å². The molecule has 0 saturated carbocycles. The van der Waals surface area contributed by atoms with Gasteiger partial charge in [-0.15, -0.1) is 0 Å². The fourth-order valence-electron chi connectivity index (χ4n) is 4.63. The zero-order valence-corrected chi connectivity index (χ0v) is 21.1. The number of carbonyl (C=O) groups excluding carboxylic acids is 2. The number of aryl methyl sites for hydroxylation is 1. The van der Waals surface area contributed by atoms with E-state index in [9.17, 15) is 9.59 Å². The SMILES string of the molecule is Cc1ccc(C2=NN(C(=O)CN3CCCC(CNC(=O)OC(C)(C)C)C3)C(c3ccco3)C2)cc1. The molecule has 1 aromatic carbocycles. The molecule has 1 N–H and O–H groups in total. The highest BCUT2D eigenvalue weighted by molar-refractivity contribution is 6.03. The molecule has 3 heterocycles. The number of likely N-dealkylation sites (tertiary alicyclic amines) is 1. The lowest BCUT2D eigenvalue weighted by Gasteiger charge is -2.33. The number of alkyl carbamates (subject to hydrolysis) is 1. The average Bonchev–Trinajstić information content (AvgIpc) is 3.47. The van der Waals surface area contributed by atoms with Crippen LogP contribution in [0.2, 0.25) is 0 Å². The molecule has 2 unspecified atom stereocenters. The minimum atomic E-state index is -0.521. The van der Waals surface area contributed by atoms with Crippen molar-refractivity contribution in [3.63, 3.8) is 0 Å². The van der Waals surface area contributed by atoms with Gasteiger partial charge in [-0.1, -0.05) is 29.8 Å². The number of hydrogen-bond acceptors (Lipinski definition) is 6. The first-order chi connectivity index (χ1) is 16.7. The van der Waals surface area contributed by atoms with Crippen LogP contribution in [0.4, 0.5) is 4.79 Å². The van der Waals surface area contributed by atoms with E-state index in [0.717, 1.165) is 43.0 Å². The quantitative estimate of drug-likeness (QED) is 0.658. The van der Waals surface area contributed by atoms with Crippen molar-refractivity contribution in [3.05, 3.63) is 59.5 Å². The highest BCUT2D eigenvalue weighted by Gasteiger charge is 2.36. The molecule has 8 nitrogen and oxygen atoms in total. The van der Waals surface area contributed by atoms with Crippen molar-refractivity contribution in [2.45, 2.75) is 58.6 Å². The van der Waals surface area contributed by atoms with Gasteiger partial charge in [0.25, 0.3) is 5.91 Å². The van der Waals surface area contributed by atoms with Gasteiger partial charge in [-0.3, -0.25) is 9.69 Å². The van der Waals surface area contributed by atoms with Crippen molar-refractivity contribution in [2.75, 3.05) is 26.2 Å². The maximum Gasteiger partial charge on any atom is 0.407 e. The van der Waals surface area contributed by atoms with Gasteiger partial charge in [0.15, 0.2) is 0 Å². The summed E-state index contributed by atoms with van der Waals surface area (Å²) < 4.78 is 11.0. The molecule has 1 fully saturated rings. The molecule has 8 heteroatoms. The van der Waals surface area contributed by atoms with Crippen LogP contribution in [0.3, 0.4) is 0 Å². The van der Waals surface area contributed by atoms with Gasteiger partial charge in [0.2, 0.25) is 0 Å². The molecule has 1 aromatic heterocycles. The predicted octanol–water partition coefficient (Wildman–Crippen LogP) is 4.50. The number of nitrogens with one attached hydrogen (secondary N) is 1. The molecule has 2 aliphatic heterocycles. The predicted molar refractivity (Wildman–Crippen MR) is 134 cm³/mol. The molecule has 188 valence electrons. The average molecular weight is 481 g/mol. The number of hydrazone groups is 1. The molecular weight excluding hydrogens is 444 g/mol. The molecule has 0 aliphatic carbocycles. The number of carbonyl (C=O) groups is 2. The van der Waals surface area contributed by atoms with Gasteiger partial charge in [-0.2, -0.15) is 5.10 Å². The zero-order valence-electron chi connectivity index (χ0n) is 21.1. The molecule has 0 spiro atoms. The van der Waals surface area contributed by atoms with E-state index in [1.54, 1.807) is 11.3 Å². The van der Waals surface area contributed by atoms with E-state index >= 15 is 0 Å². The maximum absolute atomic E-state index is 13.4. The highest BCUT2D eigenvalue weighted by Crippen LogP contribution is 2.33. The van der Waals surface area contributed by atoms with Crippen LogP contribution in [0, 0.1) is 12.8 Å². The van der Waals surface area contributed by atoms with Crippen molar-refractivity contribution in [2.24, 2.45) is 11.0 Å². The molecule has 35 heavy (non-hydrogen) atoms. The molecule has 1 saturated heterocycles. The lowest BCUT2D eigenvalue weighted by molar-refractivity contribution is -0.135. The Hall–Kier alpha value is -3.13. The Morgan fingerprint density at radius 1 is 1.20 bits per heavy atom. The Balaban J connectivity index is 1.39. The zero-order chi connectivity index (χ0) is 25.0. The summed E-state index contributed by atoms with van der Waals surface area (Å²) in [6.07, 6.45) is 3.84. The highest BCUT2D eigenvalue weighted by atomic mass is 16.6. The molecule has 0 bridgehead atoms. The number of benzene rings is 1. The Morgan fingerprint density at radius 2 is 1.97 bits per heavy atom. The van der Waals surface area contributed by atoms with E-state index in [1.807, 2.05) is 45.0 Å². The minimum Gasteiger partial charge on any atom is -0.467 e. The van der Waals surface area contributed by atoms with Crippen LogP contribution < -0.4 is 5.32 Å². The summed E-state index contributed by atoms with van der Waals surface area (Å²) in [6.45, 7) is 10.0. The smallest absolute Gasteiger partial charge is 0.407 e. The summed E-state index contributed by atoms with van der Waals surface area (Å²) >= 11 is 0. The molecule has 4 rings (SSSR count). The number of ether oxygens (including phenoxy) is 1. The second-order valence-corrected chi connectivity index (χ2v) is 10.5. The first-order valence-electron chi connectivity index (χ1n) is 12.4. The molecule has 2 atom stereocenters. The first kappa shape index (κ1) is 25.0. The molecule has 2 aromatic rings. The lowest BCUT2D eigenvalue weighted by atomic mass is 9.98. The van der Waals surface area contributed by atoms with Gasteiger partial charge in [0.1, 0.15) is 17.4 Å². The van der Waals surface area contributed by atoms with E-state index in [2.05, 4.69) is 29.3 Å². The summed E-state index contributed by atoms with van der Waals surface area (Å²) in [7, 11) is 0. The van der Waals surface area contributed by atoms with Gasteiger partial charge < -0.3 is 14.5 Å². The number of furan rings is 1. The summed E-state index contributed by atoms with van der Waals surface area (Å²) in [5.41, 5.74) is 2.57. The van der Waals surface area contributed by atoms with Gasteiger partial charge >= 0.3 is 6.09 Å². The van der Waals surface area contributed by atoms with Gasteiger partial charge in [0.05, 0.1) is 18.5 Å². The van der Waals surface area contributed by atoms with Crippen LogP contribution in [0.1, 0.15) is 63.0 Å². The van der Waals surface area contributed by atoms with Gasteiger partial charge in [-0.05, 0) is 70.7 Å². The van der Waals surface area contributed by atoms with Crippen molar-refractivity contribution in [1.29, 1.82) is 0 Å². The summed E-state index contributed by atoms with van der Waals surface area (Å²) in [5, 5.41) is 9.21. The molecule has 2 amide bonds.